The molecule has 0 bridgehead atoms. The van der Waals surface area contributed by atoms with E-state index in [2.05, 4.69) is 0 Å². The number of hydrogen-bond donors (Lipinski definition) is 0. The van der Waals surface area contributed by atoms with E-state index in [1.165, 1.54) is 0 Å². The van der Waals surface area contributed by atoms with Gasteiger partial charge in [0, 0.05) is 0 Å². The Labute approximate surface area is 126 Å². The molecule has 0 saturated heterocycles. The van der Waals surface area contributed by atoms with Gasteiger partial charge in [0.15, 0.2) is 11.5 Å². The molecular weight excluding hydrogens is 268 g/mol. The van der Waals surface area contributed by atoms with Crippen molar-refractivity contribution in [3.05, 3.63) is 41.5 Å². The Hall–Kier alpha value is -2.23. The van der Waals surface area contributed by atoms with Gasteiger partial charge in [-0.2, -0.15) is 0 Å². The number of esters is 1. The summed E-state index contributed by atoms with van der Waals surface area (Å²) < 4.78 is 15.5. The number of carbonyl (C=O) groups is 1. The summed E-state index contributed by atoms with van der Waals surface area (Å²) in [5, 5.41) is 0. The average molecular weight is 290 g/mol. The van der Waals surface area contributed by atoms with Crippen molar-refractivity contribution in [2.75, 3.05) is 20.8 Å². The van der Waals surface area contributed by atoms with Gasteiger partial charge in [-0.15, -0.1) is 0 Å². The smallest absolute Gasteiger partial charge is 0.338 e. The second kappa shape index (κ2) is 8.84. The molecule has 0 radical (unpaired) electrons. The van der Waals surface area contributed by atoms with Gasteiger partial charge in [-0.25, -0.2) is 4.79 Å². The van der Waals surface area contributed by atoms with Crippen LogP contribution in [0.4, 0.5) is 0 Å². The van der Waals surface area contributed by atoms with Crippen LogP contribution in [0, 0.1) is 0 Å². The summed E-state index contributed by atoms with van der Waals surface area (Å²) in [6.45, 7) is 4.15. The summed E-state index contributed by atoms with van der Waals surface area (Å²) in [5.41, 5.74) is 1.35. The fourth-order valence-electron chi connectivity index (χ4n) is 1.76. The molecule has 0 unspecified atom stereocenters. The predicted molar refractivity (Wildman–Crippen MR) is 83.6 cm³/mol. The third kappa shape index (κ3) is 4.99. The number of benzene rings is 1. The van der Waals surface area contributed by atoms with Gasteiger partial charge >= 0.3 is 5.97 Å². The van der Waals surface area contributed by atoms with Crippen LogP contribution in [-0.2, 0) is 9.53 Å². The lowest BCUT2D eigenvalue weighted by atomic mass is 10.1. The lowest BCUT2D eigenvalue weighted by Crippen LogP contribution is -2.05. The van der Waals surface area contributed by atoms with Gasteiger partial charge in [0.1, 0.15) is 0 Å². The van der Waals surface area contributed by atoms with Crippen molar-refractivity contribution < 1.29 is 19.0 Å². The van der Waals surface area contributed by atoms with Crippen molar-refractivity contribution in [3.63, 3.8) is 0 Å². The second-order valence-corrected chi connectivity index (χ2v) is 4.25. The zero-order valence-electron chi connectivity index (χ0n) is 13.0. The molecule has 0 aliphatic heterocycles. The Kier molecular flexibility index (Phi) is 7.09. The van der Waals surface area contributed by atoms with Gasteiger partial charge in [-0.3, -0.25) is 0 Å². The van der Waals surface area contributed by atoms with Crippen LogP contribution in [0.15, 0.2) is 35.9 Å². The van der Waals surface area contributed by atoms with Crippen LogP contribution in [-0.4, -0.2) is 26.8 Å². The lowest BCUT2D eigenvalue weighted by molar-refractivity contribution is -0.138. The third-order valence-corrected chi connectivity index (χ3v) is 2.77. The predicted octanol–water partition coefficient (Wildman–Crippen LogP) is 3.62. The highest BCUT2D eigenvalue weighted by Crippen LogP contribution is 2.28. The lowest BCUT2D eigenvalue weighted by Gasteiger charge is -2.08. The van der Waals surface area contributed by atoms with E-state index in [0.29, 0.717) is 23.7 Å². The standard InChI is InChI=1S/C17H22O4/c1-5-7-8-14(17(18)21-6-2)11-13-9-10-15(19-3)16(12-13)20-4/h7-12H,5-6H2,1-4H3/b8-7+,14-11+. The third-order valence-electron chi connectivity index (χ3n) is 2.77. The van der Waals surface area contributed by atoms with E-state index in [1.807, 2.05) is 25.1 Å². The first-order valence-corrected chi connectivity index (χ1v) is 6.93. The molecule has 0 saturated carbocycles. The van der Waals surface area contributed by atoms with Crippen molar-refractivity contribution in [1.29, 1.82) is 0 Å². The van der Waals surface area contributed by atoms with Crippen LogP contribution in [0.1, 0.15) is 25.8 Å². The number of allylic oxidation sites excluding steroid dienone is 1. The molecule has 1 rings (SSSR count). The minimum atomic E-state index is -0.336. The zero-order chi connectivity index (χ0) is 15.7. The van der Waals surface area contributed by atoms with Gasteiger partial charge in [-0.1, -0.05) is 25.1 Å². The number of methoxy groups -OCH3 is 2. The minimum Gasteiger partial charge on any atom is -0.493 e. The molecule has 114 valence electrons. The summed E-state index contributed by atoms with van der Waals surface area (Å²) in [5.74, 6) is 0.933. The Morgan fingerprint density at radius 2 is 1.86 bits per heavy atom. The second-order valence-electron chi connectivity index (χ2n) is 4.25. The Bertz CT molecular complexity index is 530. The maximum absolute atomic E-state index is 11.9. The Morgan fingerprint density at radius 1 is 1.14 bits per heavy atom. The topological polar surface area (TPSA) is 44.8 Å². The largest absolute Gasteiger partial charge is 0.493 e. The van der Waals surface area contributed by atoms with E-state index in [1.54, 1.807) is 39.4 Å². The number of ether oxygens (including phenoxy) is 3. The zero-order valence-corrected chi connectivity index (χ0v) is 13.0. The van der Waals surface area contributed by atoms with E-state index >= 15 is 0 Å². The first-order chi connectivity index (χ1) is 10.2. The monoisotopic (exact) mass is 290 g/mol. The average Bonchev–Trinajstić information content (AvgIpc) is 2.51. The van der Waals surface area contributed by atoms with E-state index < -0.39 is 0 Å². The van der Waals surface area contributed by atoms with Crippen LogP contribution in [0.3, 0.4) is 0 Å². The first kappa shape index (κ1) is 16.8. The molecule has 0 heterocycles. The maximum Gasteiger partial charge on any atom is 0.338 e. The van der Waals surface area contributed by atoms with Gasteiger partial charge in [0.2, 0.25) is 0 Å². The molecule has 0 N–H and O–H groups in total. The van der Waals surface area contributed by atoms with Gasteiger partial charge in [-0.05, 0) is 37.1 Å². The summed E-state index contributed by atoms with van der Waals surface area (Å²) >= 11 is 0. The summed E-state index contributed by atoms with van der Waals surface area (Å²) in [4.78, 5) is 11.9. The molecule has 0 spiro atoms. The molecule has 4 heteroatoms. The molecule has 0 aromatic heterocycles. The van der Waals surface area contributed by atoms with Gasteiger partial charge in [0.25, 0.3) is 0 Å². The van der Waals surface area contributed by atoms with Crippen molar-refractivity contribution >= 4 is 12.0 Å². The molecular formula is C17H22O4. The van der Waals surface area contributed by atoms with Crippen molar-refractivity contribution in [2.45, 2.75) is 20.3 Å². The quantitative estimate of drug-likeness (QED) is 0.437. The maximum atomic E-state index is 11.9. The first-order valence-electron chi connectivity index (χ1n) is 6.93. The number of rotatable bonds is 7. The van der Waals surface area contributed by atoms with Crippen LogP contribution in [0.5, 0.6) is 11.5 Å². The minimum absolute atomic E-state index is 0.336. The number of carbonyl (C=O) groups excluding carboxylic acids is 1. The Balaban J connectivity index is 3.14. The molecule has 0 atom stereocenters. The highest BCUT2D eigenvalue weighted by molar-refractivity contribution is 5.96. The Morgan fingerprint density at radius 3 is 2.43 bits per heavy atom. The molecule has 0 fully saturated rings. The van der Waals surface area contributed by atoms with Gasteiger partial charge in [0.05, 0.1) is 26.4 Å². The molecule has 4 nitrogen and oxygen atoms in total. The van der Waals surface area contributed by atoms with Crippen LogP contribution in [0.2, 0.25) is 0 Å². The van der Waals surface area contributed by atoms with Gasteiger partial charge < -0.3 is 14.2 Å². The van der Waals surface area contributed by atoms with E-state index in [4.69, 9.17) is 14.2 Å². The fraction of sp³-hybridized carbons (Fsp3) is 0.353. The summed E-state index contributed by atoms with van der Waals surface area (Å²) in [6, 6.07) is 5.48. The normalized spacial score (nSPS) is 11.5. The van der Waals surface area contributed by atoms with Crippen LogP contribution < -0.4 is 9.47 Å². The molecule has 1 aromatic rings. The highest BCUT2D eigenvalue weighted by Gasteiger charge is 2.09. The summed E-state index contributed by atoms with van der Waals surface area (Å²) in [7, 11) is 3.16. The fourth-order valence-corrected chi connectivity index (χ4v) is 1.76. The van der Waals surface area contributed by atoms with Crippen LogP contribution >= 0.6 is 0 Å². The van der Waals surface area contributed by atoms with Crippen LogP contribution in [0.25, 0.3) is 6.08 Å². The molecule has 0 aliphatic carbocycles. The molecule has 0 aliphatic rings. The molecule has 1 aromatic carbocycles. The molecule has 21 heavy (non-hydrogen) atoms. The number of hydrogen-bond acceptors (Lipinski definition) is 4. The SMILES string of the molecule is CC/C=C/C(=C\c1ccc(OC)c(OC)c1)C(=O)OCC. The van der Waals surface area contributed by atoms with E-state index in [0.717, 1.165) is 12.0 Å². The van der Waals surface area contributed by atoms with Crippen molar-refractivity contribution in [2.24, 2.45) is 0 Å². The van der Waals surface area contributed by atoms with Crippen molar-refractivity contribution in [3.8, 4) is 11.5 Å². The van der Waals surface area contributed by atoms with E-state index in [-0.39, 0.29) is 5.97 Å². The highest BCUT2D eigenvalue weighted by atomic mass is 16.5. The molecule has 0 amide bonds. The van der Waals surface area contributed by atoms with E-state index in [9.17, 15) is 4.79 Å². The summed E-state index contributed by atoms with van der Waals surface area (Å²) in [6.07, 6.45) is 6.31. The van der Waals surface area contributed by atoms with Crippen molar-refractivity contribution in [1.82, 2.24) is 0 Å².